The molecular weight excluding hydrogens is 416 g/mol. The van der Waals surface area contributed by atoms with Crippen LogP contribution in [0, 0.1) is 0 Å². The summed E-state index contributed by atoms with van der Waals surface area (Å²) in [5.41, 5.74) is 1.72. The Bertz CT molecular complexity index is 1150. The molecule has 3 aromatic rings. The molecule has 1 aromatic heterocycles. The Labute approximate surface area is 183 Å². The van der Waals surface area contributed by atoms with Crippen LogP contribution in [0.15, 0.2) is 53.3 Å². The molecule has 2 aromatic carbocycles. The van der Waals surface area contributed by atoms with Crippen molar-refractivity contribution in [3.8, 4) is 28.5 Å². The van der Waals surface area contributed by atoms with Crippen LogP contribution in [0.3, 0.4) is 0 Å². The minimum absolute atomic E-state index is 0.249. The summed E-state index contributed by atoms with van der Waals surface area (Å²) in [7, 11) is 4.36. The Morgan fingerprint density at radius 1 is 0.969 bits per heavy atom. The first-order valence-corrected chi connectivity index (χ1v) is 9.49. The smallest absolute Gasteiger partial charge is 0.264 e. The van der Waals surface area contributed by atoms with E-state index in [4.69, 9.17) is 14.2 Å². The van der Waals surface area contributed by atoms with Gasteiger partial charge in [0.2, 0.25) is 11.7 Å². The third kappa shape index (κ3) is 5.22. The molecule has 3 rings (SSSR count). The Kier molecular flexibility index (Phi) is 7.06. The molecule has 2 amide bonds. The van der Waals surface area contributed by atoms with Gasteiger partial charge in [-0.05, 0) is 30.3 Å². The monoisotopic (exact) mass is 438 g/mol. The standard InChI is InChI=1S/C22H22N4O6/c1-30-17-10-14(11-18(31-2)21(17)32-3)22(29)23-12-20(28)24-15-6-4-5-13(9-15)16-7-8-19(27)26-25-16/h4-11H,12H2,1-3H3,(H,23,29)(H,24,28)(H,26,27). The van der Waals surface area contributed by atoms with Gasteiger partial charge in [-0.3, -0.25) is 14.4 Å². The van der Waals surface area contributed by atoms with E-state index in [1.54, 1.807) is 30.3 Å². The lowest BCUT2D eigenvalue weighted by atomic mass is 10.1. The summed E-state index contributed by atoms with van der Waals surface area (Å²) < 4.78 is 15.7. The number of methoxy groups -OCH3 is 3. The van der Waals surface area contributed by atoms with Crippen molar-refractivity contribution >= 4 is 17.5 Å². The van der Waals surface area contributed by atoms with Crippen molar-refractivity contribution in [1.29, 1.82) is 0 Å². The Hall–Kier alpha value is -4.34. The van der Waals surface area contributed by atoms with E-state index >= 15 is 0 Å². The fourth-order valence-electron chi connectivity index (χ4n) is 2.94. The highest BCUT2D eigenvalue weighted by atomic mass is 16.5. The molecule has 0 fully saturated rings. The number of nitrogens with zero attached hydrogens (tertiary/aromatic N) is 1. The number of aromatic nitrogens is 2. The average molecular weight is 438 g/mol. The summed E-state index contributed by atoms with van der Waals surface area (Å²) >= 11 is 0. The van der Waals surface area contributed by atoms with E-state index < -0.39 is 11.8 Å². The molecule has 0 aliphatic carbocycles. The van der Waals surface area contributed by atoms with Crippen LogP contribution in [-0.2, 0) is 4.79 Å². The summed E-state index contributed by atoms with van der Waals surface area (Å²) in [6, 6.07) is 12.9. The number of amides is 2. The third-order valence-electron chi connectivity index (χ3n) is 4.46. The number of benzene rings is 2. The number of H-pyrrole nitrogens is 1. The Morgan fingerprint density at radius 2 is 1.69 bits per heavy atom. The molecular formula is C22H22N4O6. The minimum atomic E-state index is -0.481. The van der Waals surface area contributed by atoms with Crippen molar-refractivity contribution in [2.75, 3.05) is 33.2 Å². The molecule has 32 heavy (non-hydrogen) atoms. The predicted octanol–water partition coefficient (Wildman–Crippen LogP) is 1.83. The van der Waals surface area contributed by atoms with Gasteiger partial charge in [0.1, 0.15) is 0 Å². The maximum absolute atomic E-state index is 12.5. The molecule has 1 heterocycles. The highest BCUT2D eigenvalue weighted by molar-refractivity contribution is 6.00. The van der Waals surface area contributed by atoms with Gasteiger partial charge in [0.15, 0.2) is 11.5 Å². The number of carbonyl (C=O) groups excluding carboxylic acids is 2. The van der Waals surface area contributed by atoms with Crippen molar-refractivity contribution in [3.05, 3.63) is 64.4 Å². The summed E-state index contributed by atoms with van der Waals surface area (Å²) in [6.07, 6.45) is 0. The first kappa shape index (κ1) is 22.3. The fraction of sp³-hybridized carbons (Fsp3) is 0.182. The number of aromatic amines is 1. The second-order valence-electron chi connectivity index (χ2n) is 6.53. The summed E-state index contributed by atoms with van der Waals surface area (Å²) in [5, 5.41) is 11.6. The maximum Gasteiger partial charge on any atom is 0.264 e. The van der Waals surface area contributed by atoms with Crippen molar-refractivity contribution in [1.82, 2.24) is 15.5 Å². The van der Waals surface area contributed by atoms with E-state index in [0.717, 1.165) is 0 Å². The van der Waals surface area contributed by atoms with Crippen LogP contribution in [0.25, 0.3) is 11.3 Å². The quantitative estimate of drug-likeness (QED) is 0.489. The molecule has 10 nitrogen and oxygen atoms in total. The van der Waals surface area contributed by atoms with Crippen LogP contribution in [0.2, 0.25) is 0 Å². The van der Waals surface area contributed by atoms with Crippen LogP contribution < -0.4 is 30.4 Å². The molecule has 0 atom stereocenters. The molecule has 10 heteroatoms. The van der Waals surface area contributed by atoms with Crippen LogP contribution >= 0.6 is 0 Å². The summed E-state index contributed by atoms with van der Waals surface area (Å²) in [6.45, 7) is -0.253. The lowest BCUT2D eigenvalue weighted by Crippen LogP contribution is -2.32. The molecule has 0 aliphatic heterocycles. The molecule has 0 saturated heterocycles. The van der Waals surface area contributed by atoms with E-state index in [1.807, 2.05) is 0 Å². The fourth-order valence-corrected chi connectivity index (χ4v) is 2.94. The number of hydrogen-bond donors (Lipinski definition) is 3. The van der Waals surface area contributed by atoms with Gasteiger partial charge >= 0.3 is 0 Å². The maximum atomic E-state index is 12.5. The van der Waals surface area contributed by atoms with Gasteiger partial charge in [-0.25, -0.2) is 5.10 Å². The lowest BCUT2D eigenvalue weighted by molar-refractivity contribution is -0.115. The van der Waals surface area contributed by atoms with Crippen molar-refractivity contribution in [2.24, 2.45) is 0 Å². The van der Waals surface area contributed by atoms with Gasteiger partial charge in [-0.2, -0.15) is 5.10 Å². The van der Waals surface area contributed by atoms with Gasteiger partial charge in [-0.15, -0.1) is 0 Å². The number of anilines is 1. The van der Waals surface area contributed by atoms with Crippen molar-refractivity contribution < 1.29 is 23.8 Å². The van der Waals surface area contributed by atoms with E-state index in [-0.39, 0.29) is 17.7 Å². The van der Waals surface area contributed by atoms with E-state index in [9.17, 15) is 14.4 Å². The molecule has 0 aliphatic rings. The topological polar surface area (TPSA) is 132 Å². The largest absolute Gasteiger partial charge is 0.493 e. The average Bonchev–Trinajstić information content (AvgIpc) is 2.82. The number of ether oxygens (including phenoxy) is 3. The number of carbonyl (C=O) groups is 2. The highest BCUT2D eigenvalue weighted by Gasteiger charge is 2.17. The van der Waals surface area contributed by atoms with Crippen LogP contribution in [0.5, 0.6) is 17.2 Å². The Morgan fingerprint density at radius 3 is 2.28 bits per heavy atom. The van der Waals surface area contributed by atoms with Crippen LogP contribution in [0.4, 0.5) is 5.69 Å². The van der Waals surface area contributed by atoms with Gasteiger partial charge < -0.3 is 24.8 Å². The minimum Gasteiger partial charge on any atom is -0.493 e. The third-order valence-corrected chi connectivity index (χ3v) is 4.46. The van der Waals surface area contributed by atoms with Gasteiger partial charge in [0.05, 0.1) is 33.6 Å². The molecule has 0 radical (unpaired) electrons. The zero-order valence-corrected chi connectivity index (χ0v) is 17.7. The van der Waals surface area contributed by atoms with Gasteiger partial charge in [-0.1, -0.05) is 12.1 Å². The molecule has 0 unspecified atom stereocenters. The molecule has 166 valence electrons. The van der Waals surface area contributed by atoms with E-state index in [2.05, 4.69) is 20.8 Å². The molecule has 0 saturated carbocycles. The number of hydrogen-bond acceptors (Lipinski definition) is 7. The number of rotatable bonds is 8. The summed E-state index contributed by atoms with van der Waals surface area (Å²) in [5.74, 6) is 0.118. The van der Waals surface area contributed by atoms with Crippen molar-refractivity contribution in [2.45, 2.75) is 0 Å². The van der Waals surface area contributed by atoms with Gasteiger partial charge in [0.25, 0.3) is 11.5 Å². The molecule has 3 N–H and O–H groups in total. The zero-order valence-electron chi connectivity index (χ0n) is 17.7. The SMILES string of the molecule is COc1cc(C(=O)NCC(=O)Nc2cccc(-c3ccc(=O)[nH]n3)c2)cc(OC)c1OC. The molecule has 0 spiro atoms. The predicted molar refractivity (Wildman–Crippen MR) is 117 cm³/mol. The molecule has 0 bridgehead atoms. The Balaban J connectivity index is 1.65. The first-order valence-electron chi connectivity index (χ1n) is 9.49. The van der Waals surface area contributed by atoms with E-state index in [0.29, 0.717) is 34.2 Å². The van der Waals surface area contributed by atoms with Gasteiger partial charge in [0, 0.05) is 22.9 Å². The second-order valence-corrected chi connectivity index (χ2v) is 6.53. The summed E-state index contributed by atoms with van der Waals surface area (Å²) in [4.78, 5) is 36.0. The van der Waals surface area contributed by atoms with Crippen molar-refractivity contribution in [3.63, 3.8) is 0 Å². The number of nitrogens with one attached hydrogen (secondary N) is 3. The first-order chi connectivity index (χ1) is 15.4. The van der Waals surface area contributed by atoms with Crippen LogP contribution in [0.1, 0.15) is 10.4 Å². The lowest BCUT2D eigenvalue weighted by Gasteiger charge is -2.14. The van der Waals surface area contributed by atoms with Crippen LogP contribution in [-0.4, -0.2) is 49.9 Å². The highest BCUT2D eigenvalue weighted by Crippen LogP contribution is 2.38. The van der Waals surface area contributed by atoms with E-state index in [1.165, 1.54) is 39.5 Å². The zero-order chi connectivity index (χ0) is 23.1. The second kappa shape index (κ2) is 10.1. The normalized spacial score (nSPS) is 10.2.